The van der Waals surface area contributed by atoms with E-state index < -0.39 is 11.9 Å². The van der Waals surface area contributed by atoms with Crippen LogP contribution in [0.2, 0.25) is 5.02 Å². The zero-order valence-corrected chi connectivity index (χ0v) is 11.9. The van der Waals surface area contributed by atoms with Crippen molar-refractivity contribution in [3.63, 3.8) is 0 Å². The predicted molar refractivity (Wildman–Crippen MR) is 77.4 cm³/mol. The lowest BCUT2D eigenvalue weighted by molar-refractivity contribution is 0.166. The second-order valence-corrected chi connectivity index (χ2v) is 4.84. The fraction of sp³-hybridized carbons (Fsp3) is 0.250. The number of rotatable bonds is 5. The number of hydrogen-bond donors (Lipinski definition) is 1. The van der Waals surface area contributed by atoms with Gasteiger partial charge in [-0.3, -0.25) is 0 Å². The van der Waals surface area contributed by atoms with Crippen molar-refractivity contribution in [2.45, 2.75) is 26.1 Å². The maximum Gasteiger partial charge on any atom is 0.142 e. The molecule has 1 N–H and O–H groups in total. The summed E-state index contributed by atoms with van der Waals surface area (Å²) >= 11 is 5.88. The molecule has 20 heavy (non-hydrogen) atoms. The van der Waals surface area contributed by atoms with Gasteiger partial charge in [-0.25, -0.2) is 4.39 Å². The van der Waals surface area contributed by atoms with Crippen LogP contribution in [0, 0.1) is 5.82 Å². The van der Waals surface area contributed by atoms with Gasteiger partial charge in [0.15, 0.2) is 0 Å². The first-order valence-corrected chi connectivity index (χ1v) is 6.84. The Bertz CT molecular complexity index is 586. The lowest BCUT2D eigenvalue weighted by atomic mass is 10.1. The highest BCUT2D eigenvalue weighted by Gasteiger charge is 2.12. The average molecular weight is 295 g/mol. The fourth-order valence-electron chi connectivity index (χ4n) is 1.92. The molecule has 0 radical (unpaired) electrons. The first-order valence-electron chi connectivity index (χ1n) is 6.46. The Morgan fingerprint density at radius 3 is 2.70 bits per heavy atom. The minimum Gasteiger partial charge on any atom is -0.488 e. The highest BCUT2D eigenvalue weighted by Crippen LogP contribution is 2.28. The predicted octanol–water partition coefficient (Wildman–Crippen LogP) is 4.50. The molecule has 0 saturated carbocycles. The van der Waals surface area contributed by atoms with Crippen LogP contribution in [0.5, 0.6) is 5.75 Å². The van der Waals surface area contributed by atoms with E-state index >= 15 is 0 Å². The molecular weight excluding hydrogens is 279 g/mol. The van der Waals surface area contributed by atoms with E-state index in [1.54, 1.807) is 18.2 Å². The molecule has 4 heteroatoms. The maximum absolute atomic E-state index is 13.3. The van der Waals surface area contributed by atoms with Crippen LogP contribution in [0.3, 0.4) is 0 Å². The van der Waals surface area contributed by atoms with Crippen molar-refractivity contribution in [1.29, 1.82) is 0 Å². The van der Waals surface area contributed by atoms with Gasteiger partial charge in [-0.15, -0.1) is 0 Å². The minimum atomic E-state index is -0.575. The summed E-state index contributed by atoms with van der Waals surface area (Å²) in [7, 11) is 0. The van der Waals surface area contributed by atoms with Crippen molar-refractivity contribution in [2.24, 2.45) is 0 Å². The van der Waals surface area contributed by atoms with E-state index in [1.165, 1.54) is 6.07 Å². The summed E-state index contributed by atoms with van der Waals surface area (Å²) in [5, 5.41) is 10.0. The highest BCUT2D eigenvalue weighted by atomic mass is 35.5. The second kappa shape index (κ2) is 6.73. The van der Waals surface area contributed by atoms with E-state index in [1.807, 2.05) is 25.1 Å². The number of halogens is 2. The van der Waals surface area contributed by atoms with E-state index in [-0.39, 0.29) is 11.6 Å². The molecule has 2 rings (SSSR count). The molecule has 0 aliphatic heterocycles. The zero-order chi connectivity index (χ0) is 14.5. The quantitative estimate of drug-likeness (QED) is 0.879. The lowest BCUT2D eigenvalue weighted by Gasteiger charge is -2.15. The largest absolute Gasteiger partial charge is 0.488 e. The van der Waals surface area contributed by atoms with Gasteiger partial charge in [-0.05, 0) is 18.6 Å². The number of ether oxygens (including phenoxy) is 1. The zero-order valence-electron chi connectivity index (χ0n) is 11.1. The number of hydrogen-bond acceptors (Lipinski definition) is 2. The van der Waals surface area contributed by atoms with Crippen LogP contribution in [0.1, 0.15) is 30.6 Å². The summed E-state index contributed by atoms with van der Waals surface area (Å²) < 4.78 is 19.0. The van der Waals surface area contributed by atoms with Gasteiger partial charge in [0.1, 0.15) is 18.2 Å². The number of aliphatic hydroxyl groups is 1. The summed E-state index contributed by atoms with van der Waals surface area (Å²) in [5.41, 5.74) is 1.30. The van der Waals surface area contributed by atoms with Gasteiger partial charge in [-0.2, -0.15) is 0 Å². The van der Waals surface area contributed by atoms with Crippen LogP contribution >= 0.6 is 11.6 Å². The second-order valence-electron chi connectivity index (χ2n) is 4.46. The summed E-state index contributed by atoms with van der Waals surface area (Å²) in [6, 6.07) is 11.9. The monoisotopic (exact) mass is 294 g/mol. The van der Waals surface area contributed by atoms with Gasteiger partial charge < -0.3 is 9.84 Å². The molecule has 0 heterocycles. The van der Waals surface area contributed by atoms with Gasteiger partial charge >= 0.3 is 0 Å². The molecule has 106 valence electrons. The molecule has 2 nitrogen and oxygen atoms in total. The molecule has 0 spiro atoms. The van der Waals surface area contributed by atoms with Crippen molar-refractivity contribution in [1.82, 2.24) is 0 Å². The van der Waals surface area contributed by atoms with E-state index in [9.17, 15) is 9.50 Å². The number of aliphatic hydroxyl groups excluding tert-OH is 1. The number of benzene rings is 2. The summed E-state index contributed by atoms with van der Waals surface area (Å²) in [6.07, 6.45) is 0.0235. The van der Waals surface area contributed by atoms with Gasteiger partial charge in [-0.1, -0.05) is 48.9 Å². The molecule has 1 atom stereocenters. The first kappa shape index (κ1) is 14.8. The van der Waals surface area contributed by atoms with Crippen molar-refractivity contribution in [3.8, 4) is 5.75 Å². The minimum absolute atomic E-state index is 0.0704. The van der Waals surface area contributed by atoms with Crippen molar-refractivity contribution < 1.29 is 14.2 Å². The third kappa shape index (κ3) is 3.30. The van der Waals surface area contributed by atoms with Crippen molar-refractivity contribution in [3.05, 3.63) is 64.4 Å². The fourth-order valence-corrected chi connectivity index (χ4v) is 2.10. The van der Waals surface area contributed by atoms with Gasteiger partial charge in [0.2, 0.25) is 0 Å². The van der Waals surface area contributed by atoms with Crippen LogP contribution in [-0.4, -0.2) is 5.11 Å². The van der Waals surface area contributed by atoms with E-state index in [0.717, 1.165) is 5.56 Å². The molecule has 0 aromatic heterocycles. The molecule has 0 amide bonds. The maximum atomic E-state index is 13.3. The smallest absolute Gasteiger partial charge is 0.142 e. The Kier molecular flexibility index (Phi) is 4.99. The lowest BCUT2D eigenvalue weighted by Crippen LogP contribution is -2.03. The molecule has 0 fully saturated rings. The Balaban J connectivity index is 2.17. The van der Waals surface area contributed by atoms with Crippen molar-refractivity contribution in [2.75, 3.05) is 0 Å². The molecule has 0 unspecified atom stereocenters. The van der Waals surface area contributed by atoms with Gasteiger partial charge in [0.25, 0.3) is 0 Å². The summed E-state index contributed by atoms with van der Waals surface area (Å²) in [5.74, 6) is 0.122. The molecular formula is C16H16ClFO2. The topological polar surface area (TPSA) is 29.5 Å². The Hall–Kier alpha value is -1.58. The third-order valence-corrected chi connectivity index (χ3v) is 3.50. The SMILES string of the molecule is CC[C@H](O)c1ccccc1OCc1cccc(F)c1Cl. The van der Waals surface area contributed by atoms with Crippen LogP contribution in [0.25, 0.3) is 0 Å². The first-order chi connectivity index (χ1) is 9.63. The molecule has 0 aliphatic rings. The van der Waals surface area contributed by atoms with Gasteiger partial charge in [0, 0.05) is 11.1 Å². The molecule has 2 aromatic carbocycles. The van der Waals surface area contributed by atoms with Crippen LogP contribution in [-0.2, 0) is 6.61 Å². The standard InChI is InChI=1S/C16H16ClFO2/c1-2-14(19)12-7-3-4-9-15(12)20-10-11-6-5-8-13(18)16(11)17/h3-9,14,19H,2,10H2,1H3/t14-/m0/s1. The summed E-state index contributed by atoms with van der Waals surface area (Å²) in [4.78, 5) is 0. The molecule has 0 bridgehead atoms. The van der Waals surface area contributed by atoms with Crippen LogP contribution in [0.4, 0.5) is 4.39 Å². The molecule has 0 saturated heterocycles. The number of para-hydroxylation sites is 1. The van der Waals surface area contributed by atoms with E-state index in [0.29, 0.717) is 17.7 Å². The summed E-state index contributed by atoms with van der Waals surface area (Å²) in [6.45, 7) is 2.05. The third-order valence-electron chi connectivity index (χ3n) is 3.08. The highest BCUT2D eigenvalue weighted by molar-refractivity contribution is 6.31. The van der Waals surface area contributed by atoms with E-state index in [4.69, 9.17) is 16.3 Å². The normalized spacial score (nSPS) is 12.2. The van der Waals surface area contributed by atoms with Crippen molar-refractivity contribution >= 4 is 11.6 Å². The van der Waals surface area contributed by atoms with Gasteiger partial charge in [0.05, 0.1) is 11.1 Å². The Morgan fingerprint density at radius 2 is 1.95 bits per heavy atom. The average Bonchev–Trinajstić information content (AvgIpc) is 2.48. The van der Waals surface area contributed by atoms with Crippen LogP contribution in [0.15, 0.2) is 42.5 Å². The molecule has 0 aliphatic carbocycles. The van der Waals surface area contributed by atoms with E-state index in [2.05, 4.69) is 0 Å². The Labute approximate surface area is 122 Å². The van der Waals surface area contributed by atoms with Crippen LogP contribution < -0.4 is 4.74 Å². The molecule has 2 aromatic rings. The Morgan fingerprint density at radius 1 is 1.20 bits per heavy atom.